The SMILES string of the molecule is COC(=O)N1CCC(C(=O)O)CC1Cc1ccc(F)cc1F. The zero-order chi connectivity index (χ0) is 16.3. The van der Waals surface area contributed by atoms with Gasteiger partial charge in [0.2, 0.25) is 0 Å². The van der Waals surface area contributed by atoms with Crippen LogP contribution >= 0.6 is 0 Å². The lowest BCUT2D eigenvalue weighted by Crippen LogP contribution is -2.48. The molecule has 1 amide bonds. The van der Waals surface area contributed by atoms with Crippen molar-refractivity contribution in [3.05, 3.63) is 35.4 Å². The van der Waals surface area contributed by atoms with Crippen molar-refractivity contribution in [3.63, 3.8) is 0 Å². The van der Waals surface area contributed by atoms with Gasteiger partial charge in [0, 0.05) is 18.7 Å². The summed E-state index contributed by atoms with van der Waals surface area (Å²) in [5.74, 6) is -2.91. The van der Waals surface area contributed by atoms with Crippen molar-refractivity contribution in [1.82, 2.24) is 4.90 Å². The molecule has 2 atom stereocenters. The molecule has 1 N–H and O–H groups in total. The number of ether oxygens (including phenoxy) is 1. The van der Waals surface area contributed by atoms with Gasteiger partial charge in [0.25, 0.3) is 0 Å². The van der Waals surface area contributed by atoms with Crippen LogP contribution < -0.4 is 0 Å². The number of carboxylic acids is 1. The largest absolute Gasteiger partial charge is 0.481 e. The summed E-state index contributed by atoms with van der Waals surface area (Å²) in [5.41, 5.74) is 0.242. The third kappa shape index (κ3) is 3.52. The number of rotatable bonds is 3. The number of likely N-dealkylation sites (tertiary alicyclic amines) is 1. The predicted octanol–water partition coefficient (Wildman–Crippen LogP) is 2.44. The summed E-state index contributed by atoms with van der Waals surface area (Å²) < 4.78 is 31.4. The van der Waals surface area contributed by atoms with Crippen molar-refractivity contribution in [1.29, 1.82) is 0 Å². The Bertz CT molecular complexity index is 579. The molecule has 1 fully saturated rings. The first-order valence-corrected chi connectivity index (χ1v) is 6.93. The van der Waals surface area contributed by atoms with Crippen LogP contribution in [0.1, 0.15) is 18.4 Å². The molecule has 1 saturated heterocycles. The number of piperidine rings is 1. The van der Waals surface area contributed by atoms with E-state index in [9.17, 15) is 18.4 Å². The highest BCUT2D eigenvalue weighted by Gasteiger charge is 2.35. The molecule has 2 rings (SSSR count). The first kappa shape index (κ1) is 16.2. The van der Waals surface area contributed by atoms with Crippen LogP contribution in [0.15, 0.2) is 18.2 Å². The molecular formula is C15H17F2NO4. The number of aliphatic carboxylic acids is 1. The Balaban J connectivity index is 2.20. The fourth-order valence-corrected chi connectivity index (χ4v) is 2.77. The lowest BCUT2D eigenvalue weighted by Gasteiger charge is -2.37. The summed E-state index contributed by atoms with van der Waals surface area (Å²) in [5, 5.41) is 9.14. The molecule has 1 heterocycles. The standard InChI is InChI=1S/C15H17F2NO4/c1-22-15(21)18-5-4-10(14(19)20)7-12(18)6-9-2-3-11(16)8-13(9)17/h2-3,8,10,12H,4-7H2,1H3,(H,19,20). The van der Waals surface area contributed by atoms with E-state index in [-0.39, 0.29) is 24.9 Å². The van der Waals surface area contributed by atoms with Gasteiger partial charge in [-0.05, 0) is 30.9 Å². The summed E-state index contributed by atoms with van der Waals surface area (Å²) in [6.45, 7) is 0.233. The van der Waals surface area contributed by atoms with Crippen molar-refractivity contribution in [2.24, 2.45) is 5.92 Å². The van der Waals surface area contributed by atoms with Crippen LogP contribution in [0.4, 0.5) is 13.6 Å². The fourth-order valence-electron chi connectivity index (χ4n) is 2.77. The first-order valence-electron chi connectivity index (χ1n) is 6.93. The number of carboxylic acid groups (broad SMARTS) is 1. The highest BCUT2D eigenvalue weighted by atomic mass is 19.1. The second-order valence-electron chi connectivity index (χ2n) is 5.32. The lowest BCUT2D eigenvalue weighted by atomic mass is 9.88. The third-order valence-corrected chi connectivity index (χ3v) is 3.94. The average molecular weight is 313 g/mol. The highest BCUT2D eigenvalue weighted by molar-refractivity contribution is 5.72. The normalized spacial score (nSPS) is 21.5. The molecule has 5 nitrogen and oxygen atoms in total. The van der Waals surface area contributed by atoms with Gasteiger partial charge in [-0.2, -0.15) is 0 Å². The molecule has 0 spiro atoms. The van der Waals surface area contributed by atoms with Gasteiger partial charge in [-0.3, -0.25) is 4.79 Å². The van der Waals surface area contributed by atoms with Gasteiger partial charge in [-0.15, -0.1) is 0 Å². The number of methoxy groups -OCH3 is 1. The topological polar surface area (TPSA) is 66.8 Å². The number of amides is 1. The maximum atomic E-state index is 13.8. The van der Waals surface area contributed by atoms with Crippen molar-refractivity contribution in [2.75, 3.05) is 13.7 Å². The molecule has 2 unspecified atom stereocenters. The quantitative estimate of drug-likeness (QED) is 0.931. The van der Waals surface area contributed by atoms with Crippen molar-refractivity contribution >= 4 is 12.1 Å². The minimum absolute atomic E-state index is 0.116. The molecule has 0 radical (unpaired) electrons. The van der Waals surface area contributed by atoms with E-state index in [0.29, 0.717) is 6.42 Å². The molecule has 0 aromatic heterocycles. The van der Waals surface area contributed by atoms with E-state index in [2.05, 4.69) is 4.74 Å². The predicted molar refractivity (Wildman–Crippen MR) is 73.3 cm³/mol. The van der Waals surface area contributed by atoms with Crippen molar-refractivity contribution < 1.29 is 28.2 Å². The number of hydrogen-bond donors (Lipinski definition) is 1. The molecule has 1 aliphatic rings. The third-order valence-electron chi connectivity index (χ3n) is 3.94. The summed E-state index contributed by atoms with van der Waals surface area (Å²) in [4.78, 5) is 24.3. The van der Waals surface area contributed by atoms with Crippen LogP contribution in [0.2, 0.25) is 0 Å². The van der Waals surface area contributed by atoms with E-state index >= 15 is 0 Å². The highest BCUT2D eigenvalue weighted by Crippen LogP contribution is 2.27. The average Bonchev–Trinajstić information content (AvgIpc) is 2.49. The summed E-state index contributed by atoms with van der Waals surface area (Å²) in [7, 11) is 1.24. The number of carbonyl (C=O) groups excluding carboxylic acids is 1. The Morgan fingerprint density at radius 2 is 2.14 bits per heavy atom. The van der Waals surface area contributed by atoms with E-state index in [1.165, 1.54) is 18.1 Å². The number of carbonyl (C=O) groups is 2. The smallest absolute Gasteiger partial charge is 0.409 e. The molecule has 7 heteroatoms. The Hall–Kier alpha value is -2.18. The van der Waals surface area contributed by atoms with Gasteiger partial charge in [0.05, 0.1) is 13.0 Å². The van der Waals surface area contributed by atoms with Crippen LogP contribution in [0, 0.1) is 17.6 Å². The minimum Gasteiger partial charge on any atom is -0.481 e. The first-order chi connectivity index (χ1) is 10.4. The number of hydrogen-bond acceptors (Lipinski definition) is 3. The maximum absolute atomic E-state index is 13.8. The van der Waals surface area contributed by atoms with Gasteiger partial charge in [-0.25, -0.2) is 13.6 Å². The molecular weight excluding hydrogens is 296 g/mol. The molecule has 0 bridgehead atoms. The second-order valence-corrected chi connectivity index (χ2v) is 5.32. The number of halogens is 2. The molecule has 1 aromatic carbocycles. The van der Waals surface area contributed by atoms with E-state index in [1.807, 2.05) is 0 Å². The summed E-state index contributed by atoms with van der Waals surface area (Å²) in [6.07, 6.45) is 0.0790. The van der Waals surface area contributed by atoms with Gasteiger partial charge in [0.15, 0.2) is 0 Å². The molecule has 120 valence electrons. The maximum Gasteiger partial charge on any atom is 0.409 e. The zero-order valence-corrected chi connectivity index (χ0v) is 12.1. The zero-order valence-electron chi connectivity index (χ0n) is 12.1. The number of benzene rings is 1. The monoisotopic (exact) mass is 313 g/mol. The van der Waals surface area contributed by atoms with Crippen molar-refractivity contribution in [2.45, 2.75) is 25.3 Å². The van der Waals surface area contributed by atoms with Gasteiger partial charge >= 0.3 is 12.1 Å². The second kappa shape index (κ2) is 6.72. The summed E-state index contributed by atoms with van der Waals surface area (Å²) >= 11 is 0. The van der Waals surface area contributed by atoms with Gasteiger partial charge < -0.3 is 14.7 Å². The van der Waals surface area contributed by atoms with E-state index < -0.39 is 35.7 Å². The van der Waals surface area contributed by atoms with Crippen LogP contribution in [-0.4, -0.2) is 41.8 Å². The molecule has 0 saturated carbocycles. The van der Waals surface area contributed by atoms with Gasteiger partial charge in [-0.1, -0.05) is 6.07 Å². The van der Waals surface area contributed by atoms with Crippen LogP contribution in [0.25, 0.3) is 0 Å². The van der Waals surface area contributed by atoms with Crippen LogP contribution in [0.3, 0.4) is 0 Å². The lowest BCUT2D eigenvalue weighted by molar-refractivity contribution is -0.144. The summed E-state index contributed by atoms with van der Waals surface area (Å²) in [6, 6.07) is 2.72. The Morgan fingerprint density at radius 1 is 1.41 bits per heavy atom. The van der Waals surface area contributed by atoms with E-state index in [4.69, 9.17) is 5.11 Å². The number of nitrogens with zero attached hydrogens (tertiary/aromatic N) is 1. The van der Waals surface area contributed by atoms with Crippen molar-refractivity contribution in [3.8, 4) is 0 Å². The van der Waals surface area contributed by atoms with E-state index in [1.54, 1.807) is 0 Å². The molecule has 22 heavy (non-hydrogen) atoms. The fraction of sp³-hybridized carbons (Fsp3) is 0.467. The Morgan fingerprint density at radius 3 is 2.73 bits per heavy atom. The van der Waals surface area contributed by atoms with E-state index in [0.717, 1.165) is 12.1 Å². The van der Waals surface area contributed by atoms with Crippen LogP contribution in [0.5, 0.6) is 0 Å². The minimum atomic E-state index is -0.936. The molecule has 1 aliphatic heterocycles. The van der Waals surface area contributed by atoms with Gasteiger partial charge in [0.1, 0.15) is 11.6 Å². The Labute approximate surface area is 126 Å². The molecule has 0 aliphatic carbocycles. The van der Waals surface area contributed by atoms with Crippen LogP contribution in [-0.2, 0) is 16.0 Å². The Kier molecular flexibility index (Phi) is 4.95. The molecule has 1 aromatic rings.